The largest absolute Gasteiger partial charge is 0.368 e. The highest BCUT2D eigenvalue weighted by molar-refractivity contribution is 5.83. The van der Waals surface area contributed by atoms with Crippen molar-refractivity contribution in [1.82, 2.24) is 19.8 Å². The topological polar surface area (TPSA) is 59.4 Å². The highest BCUT2D eigenvalue weighted by Crippen LogP contribution is 2.37. The van der Waals surface area contributed by atoms with Crippen LogP contribution in [0.15, 0.2) is 12.4 Å². The lowest BCUT2D eigenvalue weighted by Gasteiger charge is -2.29. The zero-order chi connectivity index (χ0) is 15.8. The molecule has 1 saturated carbocycles. The van der Waals surface area contributed by atoms with Crippen LogP contribution in [-0.2, 0) is 16.6 Å². The van der Waals surface area contributed by atoms with Crippen LogP contribution in [0.1, 0.15) is 44.0 Å². The van der Waals surface area contributed by atoms with Crippen molar-refractivity contribution >= 4 is 5.91 Å². The quantitative estimate of drug-likeness (QED) is 0.887. The third-order valence-corrected chi connectivity index (χ3v) is 5.40. The van der Waals surface area contributed by atoms with Crippen molar-refractivity contribution in [2.24, 2.45) is 13.0 Å². The molecule has 0 bridgehead atoms. The molecule has 0 radical (unpaired) electrons. The van der Waals surface area contributed by atoms with Gasteiger partial charge in [-0.3, -0.25) is 9.69 Å². The van der Waals surface area contributed by atoms with E-state index < -0.39 is 0 Å². The molecule has 23 heavy (non-hydrogen) atoms. The summed E-state index contributed by atoms with van der Waals surface area (Å²) in [6.07, 6.45) is 9.27. The summed E-state index contributed by atoms with van der Waals surface area (Å²) in [7, 11) is 1.97. The minimum absolute atomic E-state index is 0.0347. The van der Waals surface area contributed by atoms with E-state index in [1.165, 1.54) is 25.7 Å². The molecule has 2 aliphatic heterocycles. The average molecular weight is 318 g/mol. The molecule has 6 nitrogen and oxygen atoms in total. The van der Waals surface area contributed by atoms with Crippen LogP contribution in [-0.4, -0.2) is 52.1 Å². The van der Waals surface area contributed by atoms with Crippen molar-refractivity contribution < 1.29 is 9.53 Å². The Morgan fingerprint density at radius 1 is 1.35 bits per heavy atom. The van der Waals surface area contributed by atoms with Gasteiger partial charge in [0.2, 0.25) is 5.91 Å². The summed E-state index contributed by atoms with van der Waals surface area (Å²) in [4.78, 5) is 19.7. The summed E-state index contributed by atoms with van der Waals surface area (Å²) in [5.74, 6) is 1.66. The summed E-state index contributed by atoms with van der Waals surface area (Å²) >= 11 is 0. The fourth-order valence-electron chi connectivity index (χ4n) is 4.02. The van der Waals surface area contributed by atoms with E-state index in [1.54, 1.807) is 6.20 Å². The third-order valence-electron chi connectivity index (χ3n) is 5.40. The molecular formula is C17H26N4O2. The predicted octanol–water partition coefficient (Wildman–Crippen LogP) is 1.24. The predicted molar refractivity (Wildman–Crippen MR) is 85.8 cm³/mol. The van der Waals surface area contributed by atoms with Gasteiger partial charge in [0.15, 0.2) is 0 Å². The second-order valence-electron chi connectivity index (χ2n) is 7.12. The number of aryl methyl sites for hydroxylation is 1. The molecule has 1 amide bonds. The number of nitrogens with one attached hydrogen (secondary N) is 1. The fraction of sp³-hybridized carbons (Fsp3) is 0.765. The lowest BCUT2D eigenvalue weighted by molar-refractivity contribution is -0.128. The number of carbonyl (C=O) groups excluding carboxylic acids is 1. The molecule has 3 heterocycles. The van der Waals surface area contributed by atoms with Gasteiger partial charge in [0.25, 0.3) is 0 Å². The molecule has 126 valence electrons. The van der Waals surface area contributed by atoms with Crippen molar-refractivity contribution in [2.45, 2.75) is 50.3 Å². The molecule has 3 fully saturated rings. The van der Waals surface area contributed by atoms with Gasteiger partial charge in [0, 0.05) is 26.0 Å². The maximum atomic E-state index is 12.9. The SMILES string of the molecule is Cn1ccnc1[C@H]1OCC[C@@H]1NC(=O)C(C1CC1)N1CCCC1. The first-order chi connectivity index (χ1) is 11.2. The van der Waals surface area contributed by atoms with E-state index in [1.807, 2.05) is 17.8 Å². The van der Waals surface area contributed by atoms with Gasteiger partial charge in [-0.05, 0) is 51.1 Å². The molecule has 3 atom stereocenters. The van der Waals surface area contributed by atoms with Crippen molar-refractivity contribution in [3.05, 3.63) is 18.2 Å². The Morgan fingerprint density at radius 3 is 2.78 bits per heavy atom. The molecule has 4 rings (SSSR count). The van der Waals surface area contributed by atoms with E-state index >= 15 is 0 Å². The Labute approximate surface area is 137 Å². The van der Waals surface area contributed by atoms with Crippen LogP contribution >= 0.6 is 0 Å². The Bertz CT molecular complexity index is 563. The second-order valence-corrected chi connectivity index (χ2v) is 7.12. The van der Waals surface area contributed by atoms with Crippen LogP contribution in [0.2, 0.25) is 0 Å². The van der Waals surface area contributed by atoms with Crippen molar-refractivity contribution in [3.8, 4) is 0 Å². The molecule has 1 unspecified atom stereocenters. The number of hydrogen-bond acceptors (Lipinski definition) is 4. The number of hydrogen-bond donors (Lipinski definition) is 1. The van der Waals surface area contributed by atoms with Crippen molar-refractivity contribution in [1.29, 1.82) is 0 Å². The lowest BCUT2D eigenvalue weighted by Crippen LogP contribution is -2.50. The summed E-state index contributed by atoms with van der Waals surface area (Å²) in [6.45, 7) is 2.82. The maximum Gasteiger partial charge on any atom is 0.237 e. The molecular weight excluding hydrogens is 292 g/mol. The molecule has 3 aliphatic rings. The number of aromatic nitrogens is 2. The van der Waals surface area contributed by atoms with E-state index in [0.717, 1.165) is 25.3 Å². The summed E-state index contributed by atoms with van der Waals surface area (Å²) < 4.78 is 7.84. The van der Waals surface area contributed by atoms with E-state index in [2.05, 4.69) is 15.2 Å². The number of likely N-dealkylation sites (tertiary alicyclic amines) is 1. The highest BCUT2D eigenvalue weighted by atomic mass is 16.5. The minimum Gasteiger partial charge on any atom is -0.368 e. The number of carbonyl (C=O) groups is 1. The number of rotatable bonds is 5. The fourth-order valence-corrected chi connectivity index (χ4v) is 4.02. The van der Waals surface area contributed by atoms with Gasteiger partial charge in [-0.25, -0.2) is 4.98 Å². The molecule has 1 aromatic heterocycles. The highest BCUT2D eigenvalue weighted by Gasteiger charge is 2.43. The Hall–Kier alpha value is -1.40. The van der Waals surface area contributed by atoms with Gasteiger partial charge >= 0.3 is 0 Å². The van der Waals surface area contributed by atoms with E-state index in [0.29, 0.717) is 12.5 Å². The van der Waals surface area contributed by atoms with Crippen LogP contribution in [0.25, 0.3) is 0 Å². The van der Waals surface area contributed by atoms with E-state index in [-0.39, 0.29) is 24.1 Å². The minimum atomic E-state index is -0.127. The maximum absolute atomic E-state index is 12.9. The number of ether oxygens (including phenoxy) is 1. The Balaban J connectivity index is 1.45. The number of imidazole rings is 1. The molecule has 0 aromatic carbocycles. The molecule has 6 heteroatoms. The van der Waals surface area contributed by atoms with Gasteiger partial charge in [0.1, 0.15) is 11.9 Å². The molecule has 2 saturated heterocycles. The first-order valence-electron chi connectivity index (χ1n) is 8.87. The number of nitrogens with zero attached hydrogens (tertiary/aromatic N) is 3. The van der Waals surface area contributed by atoms with Gasteiger partial charge < -0.3 is 14.6 Å². The van der Waals surface area contributed by atoms with Crippen LogP contribution < -0.4 is 5.32 Å². The zero-order valence-electron chi connectivity index (χ0n) is 13.8. The molecule has 0 spiro atoms. The van der Waals surface area contributed by atoms with Gasteiger partial charge in [-0.2, -0.15) is 0 Å². The van der Waals surface area contributed by atoms with E-state index in [9.17, 15) is 4.79 Å². The first-order valence-corrected chi connectivity index (χ1v) is 8.87. The molecule has 1 aromatic rings. The Kier molecular flexibility index (Phi) is 4.11. The summed E-state index contributed by atoms with van der Waals surface area (Å²) in [5, 5.41) is 3.28. The first kappa shape index (κ1) is 15.1. The third kappa shape index (κ3) is 3.02. The number of amides is 1. The van der Waals surface area contributed by atoms with E-state index in [4.69, 9.17) is 4.74 Å². The second kappa shape index (κ2) is 6.24. The van der Waals surface area contributed by atoms with Gasteiger partial charge in [0.05, 0.1) is 12.1 Å². The van der Waals surface area contributed by atoms with Crippen molar-refractivity contribution in [3.63, 3.8) is 0 Å². The summed E-state index contributed by atoms with van der Waals surface area (Å²) in [5.41, 5.74) is 0. The normalized spacial score (nSPS) is 29.8. The van der Waals surface area contributed by atoms with Crippen LogP contribution in [0, 0.1) is 5.92 Å². The monoisotopic (exact) mass is 318 g/mol. The molecule has 1 N–H and O–H groups in total. The summed E-state index contributed by atoms with van der Waals surface area (Å²) in [6, 6.07) is 0.104. The Morgan fingerprint density at radius 2 is 2.13 bits per heavy atom. The van der Waals surface area contributed by atoms with Crippen LogP contribution in [0.5, 0.6) is 0 Å². The van der Waals surface area contributed by atoms with Crippen molar-refractivity contribution in [2.75, 3.05) is 19.7 Å². The van der Waals surface area contributed by atoms with Crippen LogP contribution in [0.3, 0.4) is 0 Å². The smallest absolute Gasteiger partial charge is 0.237 e. The van der Waals surface area contributed by atoms with Gasteiger partial charge in [-0.15, -0.1) is 0 Å². The average Bonchev–Trinajstić information content (AvgIpc) is 2.94. The lowest BCUT2D eigenvalue weighted by atomic mass is 10.1. The molecule has 1 aliphatic carbocycles. The zero-order valence-corrected chi connectivity index (χ0v) is 13.8. The van der Waals surface area contributed by atoms with Crippen LogP contribution in [0.4, 0.5) is 0 Å². The van der Waals surface area contributed by atoms with Gasteiger partial charge in [-0.1, -0.05) is 0 Å². The standard InChI is InChI=1S/C17H26N4O2/c1-20-10-7-18-16(20)15-13(6-11-23-15)19-17(22)14(12-4-5-12)21-8-2-3-9-21/h7,10,12-15H,2-6,8-9,11H2,1H3,(H,19,22)/t13-,14?,15-/m0/s1.